The Hall–Kier alpha value is -1.69. The van der Waals surface area contributed by atoms with E-state index in [1.54, 1.807) is 12.4 Å². The van der Waals surface area contributed by atoms with E-state index in [2.05, 4.69) is 20.3 Å². The molecule has 0 saturated heterocycles. The Morgan fingerprint density at radius 3 is 2.47 bits per heavy atom. The zero-order valence-corrected chi connectivity index (χ0v) is 11.4. The minimum absolute atomic E-state index is 0.559. The molecular weight excluding hydrogens is 262 g/mol. The van der Waals surface area contributed by atoms with Crippen LogP contribution in [0.15, 0.2) is 36.7 Å². The summed E-state index contributed by atoms with van der Waals surface area (Å²) in [6, 6.07) is 7.83. The first kappa shape index (κ1) is 13.7. The van der Waals surface area contributed by atoms with Crippen molar-refractivity contribution in [1.82, 2.24) is 14.9 Å². The Balaban J connectivity index is 1.92. The summed E-state index contributed by atoms with van der Waals surface area (Å²) in [7, 11) is 2.03. The number of hydrazine groups is 1. The van der Waals surface area contributed by atoms with Crippen LogP contribution in [0.25, 0.3) is 0 Å². The summed E-state index contributed by atoms with van der Waals surface area (Å²) in [5, 5.41) is 0.752. The number of halogens is 1. The molecule has 1 heterocycles. The lowest BCUT2D eigenvalue weighted by atomic mass is 10.2. The highest BCUT2D eigenvalue weighted by molar-refractivity contribution is 6.30. The highest BCUT2D eigenvalue weighted by atomic mass is 35.5. The molecule has 0 atom stereocenters. The van der Waals surface area contributed by atoms with Crippen LogP contribution in [0, 0.1) is 0 Å². The second-order valence-electron chi connectivity index (χ2n) is 4.34. The van der Waals surface area contributed by atoms with Crippen LogP contribution in [-0.4, -0.2) is 21.9 Å². The van der Waals surface area contributed by atoms with Crippen LogP contribution in [0.5, 0.6) is 0 Å². The highest BCUT2D eigenvalue weighted by Crippen LogP contribution is 2.12. The monoisotopic (exact) mass is 277 g/mol. The lowest BCUT2D eigenvalue weighted by molar-refractivity contribution is 0.314. The molecule has 0 fully saturated rings. The van der Waals surface area contributed by atoms with Crippen LogP contribution in [0.2, 0.25) is 5.02 Å². The van der Waals surface area contributed by atoms with Crippen LogP contribution < -0.4 is 11.3 Å². The molecule has 0 saturated carbocycles. The molecule has 100 valence electrons. The van der Waals surface area contributed by atoms with Gasteiger partial charge in [0.1, 0.15) is 0 Å². The number of hydrogen-bond donors (Lipinski definition) is 2. The third-order valence-corrected chi connectivity index (χ3v) is 2.90. The minimum Gasteiger partial charge on any atom is -0.307 e. The van der Waals surface area contributed by atoms with Crippen LogP contribution in [0.4, 0.5) is 5.82 Å². The third-order valence-electron chi connectivity index (χ3n) is 2.65. The van der Waals surface area contributed by atoms with E-state index < -0.39 is 0 Å². The fourth-order valence-electron chi connectivity index (χ4n) is 1.74. The van der Waals surface area contributed by atoms with Gasteiger partial charge in [0.15, 0.2) is 5.82 Å². The van der Waals surface area contributed by atoms with Crippen LogP contribution in [0.1, 0.15) is 11.3 Å². The van der Waals surface area contributed by atoms with Crippen molar-refractivity contribution in [3.05, 3.63) is 52.9 Å². The van der Waals surface area contributed by atoms with E-state index >= 15 is 0 Å². The van der Waals surface area contributed by atoms with Crippen molar-refractivity contribution < 1.29 is 0 Å². The lowest BCUT2D eigenvalue weighted by Gasteiger charge is -2.16. The molecular formula is C13H16ClN5. The standard InChI is InChI=1S/C13H16ClN5/c1-19(8-10-2-4-11(14)5-3-10)9-12-6-17-13(18-15)7-16-12/h2-7H,8-9,15H2,1H3,(H,17,18). The van der Waals surface area contributed by atoms with Gasteiger partial charge < -0.3 is 5.43 Å². The number of nitrogens with zero attached hydrogens (tertiary/aromatic N) is 3. The Morgan fingerprint density at radius 2 is 1.89 bits per heavy atom. The van der Waals surface area contributed by atoms with E-state index in [1.165, 1.54) is 5.56 Å². The van der Waals surface area contributed by atoms with Crippen molar-refractivity contribution in [3.63, 3.8) is 0 Å². The van der Waals surface area contributed by atoms with Gasteiger partial charge in [-0.3, -0.25) is 9.88 Å². The predicted molar refractivity (Wildman–Crippen MR) is 76.5 cm³/mol. The Morgan fingerprint density at radius 1 is 1.16 bits per heavy atom. The van der Waals surface area contributed by atoms with E-state index in [9.17, 15) is 0 Å². The minimum atomic E-state index is 0.559. The number of nitrogen functional groups attached to an aromatic ring is 1. The van der Waals surface area contributed by atoms with E-state index in [0.29, 0.717) is 5.82 Å². The molecule has 6 heteroatoms. The molecule has 0 bridgehead atoms. The summed E-state index contributed by atoms with van der Waals surface area (Å²) in [6.45, 7) is 1.55. The van der Waals surface area contributed by atoms with Crippen molar-refractivity contribution in [2.45, 2.75) is 13.1 Å². The van der Waals surface area contributed by atoms with Gasteiger partial charge in [-0.1, -0.05) is 23.7 Å². The molecule has 1 aromatic heterocycles. The largest absolute Gasteiger partial charge is 0.307 e. The van der Waals surface area contributed by atoms with E-state index in [0.717, 1.165) is 23.8 Å². The van der Waals surface area contributed by atoms with Crippen molar-refractivity contribution in [3.8, 4) is 0 Å². The summed E-state index contributed by atoms with van der Waals surface area (Å²) >= 11 is 5.86. The SMILES string of the molecule is CN(Cc1ccc(Cl)cc1)Cc1cnc(NN)cn1. The van der Waals surface area contributed by atoms with Gasteiger partial charge in [-0.25, -0.2) is 10.8 Å². The second kappa shape index (κ2) is 6.47. The molecule has 0 unspecified atom stereocenters. The quantitative estimate of drug-likeness (QED) is 0.647. The van der Waals surface area contributed by atoms with Crippen molar-refractivity contribution in [2.75, 3.05) is 12.5 Å². The van der Waals surface area contributed by atoms with Gasteiger partial charge >= 0.3 is 0 Å². The average molecular weight is 278 g/mol. The Labute approximate surface area is 117 Å². The number of nitrogens with one attached hydrogen (secondary N) is 1. The average Bonchev–Trinajstić information content (AvgIpc) is 2.42. The van der Waals surface area contributed by atoms with Gasteiger partial charge in [-0.05, 0) is 24.7 Å². The maximum absolute atomic E-state index is 5.86. The molecule has 1 aromatic carbocycles. The number of anilines is 1. The molecule has 19 heavy (non-hydrogen) atoms. The molecule has 0 spiro atoms. The van der Waals surface area contributed by atoms with E-state index in [4.69, 9.17) is 17.4 Å². The van der Waals surface area contributed by atoms with Gasteiger partial charge in [-0.15, -0.1) is 0 Å². The molecule has 2 aromatic rings. The van der Waals surface area contributed by atoms with Crippen LogP contribution >= 0.6 is 11.6 Å². The van der Waals surface area contributed by atoms with Crippen LogP contribution in [0.3, 0.4) is 0 Å². The maximum Gasteiger partial charge on any atom is 0.158 e. The molecule has 0 amide bonds. The lowest BCUT2D eigenvalue weighted by Crippen LogP contribution is -2.18. The Kier molecular flexibility index (Phi) is 4.68. The maximum atomic E-state index is 5.86. The molecule has 2 rings (SSSR count). The van der Waals surface area contributed by atoms with E-state index in [-0.39, 0.29) is 0 Å². The first-order valence-corrected chi connectivity index (χ1v) is 6.25. The van der Waals surface area contributed by atoms with Gasteiger partial charge in [0.25, 0.3) is 0 Å². The van der Waals surface area contributed by atoms with E-state index in [1.807, 2.05) is 31.3 Å². The molecule has 5 nitrogen and oxygen atoms in total. The van der Waals surface area contributed by atoms with Gasteiger partial charge in [0.2, 0.25) is 0 Å². The third kappa shape index (κ3) is 4.17. The van der Waals surface area contributed by atoms with Gasteiger partial charge in [0, 0.05) is 18.1 Å². The summed E-state index contributed by atoms with van der Waals surface area (Å²) < 4.78 is 0. The fourth-order valence-corrected chi connectivity index (χ4v) is 1.87. The molecule has 0 aliphatic carbocycles. The summed E-state index contributed by atoms with van der Waals surface area (Å²) in [6.07, 6.45) is 3.33. The van der Waals surface area contributed by atoms with Crippen molar-refractivity contribution in [1.29, 1.82) is 0 Å². The summed E-state index contributed by atoms with van der Waals surface area (Å²) in [5.74, 6) is 5.80. The van der Waals surface area contributed by atoms with Crippen LogP contribution in [-0.2, 0) is 13.1 Å². The fraction of sp³-hybridized carbons (Fsp3) is 0.231. The van der Waals surface area contributed by atoms with Crippen molar-refractivity contribution >= 4 is 17.4 Å². The first-order valence-electron chi connectivity index (χ1n) is 5.88. The highest BCUT2D eigenvalue weighted by Gasteiger charge is 2.03. The van der Waals surface area contributed by atoms with Crippen molar-refractivity contribution in [2.24, 2.45) is 5.84 Å². The summed E-state index contributed by atoms with van der Waals surface area (Å²) in [4.78, 5) is 10.6. The number of hydrogen-bond acceptors (Lipinski definition) is 5. The predicted octanol–water partition coefficient (Wildman–Crippen LogP) is 2.05. The number of rotatable bonds is 5. The van der Waals surface area contributed by atoms with Gasteiger partial charge in [0.05, 0.1) is 18.1 Å². The Bertz CT molecular complexity index is 512. The van der Waals surface area contributed by atoms with Gasteiger partial charge in [-0.2, -0.15) is 0 Å². The number of aromatic nitrogens is 2. The zero-order valence-electron chi connectivity index (χ0n) is 10.7. The molecule has 3 N–H and O–H groups in total. The normalized spacial score (nSPS) is 10.7. The summed E-state index contributed by atoms with van der Waals surface area (Å²) in [5.41, 5.74) is 4.56. The topological polar surface area (TPSA) is 67.1 Å². The second-order valence-corrected chi connectivity index (χ2v) is 4.77. The smallest absolute Gasteiger partial charge is 0.158 e. The molecule has 0 aliphatic heterocycles. The molecule has 0 aliphatic rings. The first-order chi connectivity index (χ1) is 9.17. The zero-order chi connectivity index (χ0) is 13.7. The molecule has 0 radical (unpaired) electrons. The number of nitrogens with two attached hydrogens (primary N) is 1. The number of benzene rings is 1.